The van der Waals surface area contributed by atoms with E-state index in [2.05, 4.69) is 30.1 Å². The van der Waals surface area contributed by atoms with Crippen LogP contribution in [0.2, 0.25) is 5.02 Å². The van der Waals surface area contributed by atoms with Gasteiger partial charge in [-0.3, -0.25) is 10.1 Å². The van der Waals surface area contributed by atoms with E-state index in [0.29, 0.717) is 11.0 Å². The van der Waals surface area contributed by atoms with E-state index in [0.717, 1.165) is 25.9 Å². The number of aromatic nitrogens is 3. The summed E-state index contributed by atoms with van der Waals surface area (Å²) in [6.07, 6.45) is 3.36. The predicted octanol–water partition coefficient (Wildman–Crippen LogP) is 1.76. The molecular weight excluding hydrogens is 392 g/mol. The zero-order valence-electron chi connectivity index (χ0n) is 14.6. The molecule has 0 aliphatic carbocycles. The van der Waals surface area contributed by atoms with Gasteiger partial charge in [-0.1, -0.05) is 17.7 Å². The van der Waals surface area contributed by atoms with E-state index < -0.39 is 10.0 Å². The van der Waals surface area contributed by atoms with Gasteiger partial charge in [-0.15, -0.1) is 5.10 Å². The summed E-state index contributed by atoms with van der Waals surface area (Å²) in [4.78, 5) is 18.4. The van der Waals surface area contributed by atoms with Crippen LogP contribution in [-0.4, -0.2) is 49.1 Å². The fraction of sp³-hybridized carbons (Fsp3) is 0.438. The second-order valence-electron chi connectivity index (χ2n) is 6.19. The first-order chi connectivity index (χ1) is 12.9. The highest BCUT2D eigenvalue weighted by Crippen LogP contribution is 2.17. The Morgan fingerprint density at radius 2 is 2.04 bits per heavy atom. The summed E-state index contributed by atoms with van der Waals surface area (Å²) in [5, 5.41) is 9.71. The van der Waals surface area contributed by atoms with E-state index in [4.69, 9.17) is 11.6 Å². The molecule has 1 amide bonds. The van der Waals surface area contributed by atoms with Crippen molar-refractivity contribution in [1.29, 1.82) is 0 Å². The highest BCUT2D eigenvalue weighted by atomic mass is 35.5. The largest absolute Gasteiger partial charge is 0.340 e. The number of hydrogen-bond acceptors (Lipinski definition) is 6. The van der Waals surface area contributed by atoms with Crippen LogP contribution >= 0.6 is 11.6 Å². The number of piperidine rings is 1. The molecule has 0 bridgehead atoms. The van der Waals surface area contributed by atoms with E-state index in [-0.39, 0.29) is 29.7 Å². The van der Waals surface area contributed by atoms with E-state index in [9.17, 15) is 13.2 Å². The lowest BCUT2D eigenvalue weighted by Gasteiger charge is -2.24. The fourth-order valence-corrected chi connectivity index (χ4v) is 4.09. The van der Waals surface area contributed by atoms with Crippen molar-refractivity contribution in [2.75, 3.05) is 29.9 Å². The third-order valence-corrected chi connectivity index (χ3v) is 5.81. The molecule has 3 rings (SSSR count). The number of benzene rings is 1. The summed E-state index contributed by atoms with van der Waals surface area (Å²) in [5.41, 5.74) is 0. The molecule has 1 aromatic heterocycles. The van der Waals surface area contributed by atoms with E-state index in [1.54, 1.807) is 12.1 Å². The van der Waals surface area contributed by atoms with Crippen molar-refractivity contribution in [3.05, 3.63) is 29.3 Å². The molecule has 0 saturated carbocycles. The zero-order chi connectivity index (χ0) is 19.3. The summed E-state index contributed by atoms with van der Waals surface area (Å²) in [7, 11) is -3.72. The number of anilines is 2. The van der Waals surface area contributed by atoms with Crippen LogP contribution < -0.4 is 14.9 Å². The summed E-state index contributed by atoms with van der Waals surface area (Å²) in [5.74, 6) is 0.440. The average molecular weight is 413 g/mol. The van der Waals surface area contributed by atoms with Crippen molar-refractivity contribution in [2.24, 2.45) is 0 Å². The number of H-pyrrole nitrogens is 1. The highest BCUT2D eigenvalue weighted by molar-refractivity contribution is 7.89. The lowest BCUT2D eigenvalue weighted by atomic mass is 10.1. The van der Waals surface area contributed by atoms with Crippen molar-refractivity contribution < 1.29 is 13.2 Å². The van der Waals surface area contributed by atoms with Crippen molar-refractivity contribution >= 4 is 39.4 Å². The summed E-state index contributed by atoms with van der Waals surface area (Å²) in [6.45, 7) is 1.75. The van der Waals surface area contributed by atoms with E-state index >= 15 is 0 Å². The van der Waals surface area contributed by atoms with Gasteiger partial charge in [0.15, 0.2) is 0 Å². The number of nitrogens with one attached hydrogen (secondary N) is 3. The third kappa shape index (κ3) is 5.41. The maximum atomic E-state index is 12.2. The Kier molecular flexibility index (Phi) is 6.30. The standard InChI is InChI=1S/C16H21ClN6O3S/c17-12-5-4-6-13(11-12)27(25,26)18-8-7-14(24)19-15-20-16(22-21-15)23-9-2-1-3-10-23/h4-6,11,18H,1-3,7-10H2,(H2,19,20,21,22,24). The Bertz CT molecular complexity index is 895. The van der Waals surface area contributed by atoms with Crippen molar-refractivity contribution in [3.8, 4) is 0 Å². The quantitative estimate of drug-likeness (QED) is 0.637. The Morgan fingerprint density at radius 1 is 1.26 bits per heavy atom. The van der Waals surface area contributed by atoms with Crippen LogP contribution in [0, 0.1) is 0 Å². The van der Waals surface area contributed by atoms with E-state index in [1.165, 1.54) is 18.6 Å². The number of rotatable bonds is 7. The molecule has 1 aliphatic rings. The SMILES string of the molecule is O=C(CCNS(=O)(=O)c1cccc(Cl)c1)Nc1nc(N2CCCCC2)n[nH]1. The monoisotopic (exact) mass is 412 g/mol. The van der Waals surface area contributed by atoms with Crippen LogP contribution in [0.5, 0.6) is 0 Å². The molecule has 0 spiro atoms. The minimum atomic E-state index is -3.72. The Morgan fingerprint density at radius 3 is 2.78 bits per heavy atom. The Balaban J connectivity index is 1.48. The number of amides is 1. The van der Waals surface area contributed by atoms with Gasteiger partial charge >= 0.3 is 0 Å². The van der Waals surface area contributed by atoms with Crippen LogP contribution in [0.1, 0.15) is 25.7 Å². The molecule has 27 heavy (non-hydrogen) atoms. The molecule has 146 valence electrons. The number of sulfonamides is 1. The molecule has 0 radical (unpaired) electrons. The second kappa shape index (κ2) is 8.68. The molecule has 1 fully saturated rings. The van der Waals surface area contributed by atoms with Crippen LogP contribution in [0.25, 0.3) is 0 Å². The van der Waals surface area contributed by atoms with Crippen LogP contribution in [0.15, 0.2) is 29.2 Å². The minimum Gasteiger partial charge on any atom is -0.340 e. The smallest absolute Gasteiger partial charge is 0.246 e. The molecule has 9 nitrogen and oxygen atoms in total. The molecule has 1 aromatic carbocycles. The Hall–Kier alpha value is -2.17. The number of carbonyl (C=O) groups excluding carboxylic acids is 1. The number of carbonyl (C=O) groups is 1. The lowest BCUT2D eigenvalue weighted by Crippen LogP contribution is -2.30. The van der Waals surface area contributed by atoms with Gasteiger partial charge in [0.2, 0.25) is 27.8 Å². The molecule has 1 saturated heterocycles. The van der Waals surface area contributed by atoms with Gasteiger partial charge in [0.25, 0.3) is 0 Å². The number of aromatic amines is 1. The van der Waals surface area contributed by atoms with Gasteiger partial charge in [0.1, 0.15) is 0 Å². The average Bonchev–Trinajstić information content (AvgIpc) is 3.11. The second-order valence-corrected chi connectivity index (χ2v) is 8.39. The molecular formula is C16H21ClN6O3S. The first-order valence-corrected chi connectivity index (χ1v) is 10.5. The van der Waals surface area contributed by atoms with Crippen LogP contribution in [0.4, 0.5) is 11.9 Å². The maximum absolute atomic E-state index is 12.2. The number of halogens is 1. The van der Waals surface area contributed by atoms with Crippen LogP contribution in [0.3, 0.4) is 0 Å². The van der Waals surface area contributed by atoms with Gasteiger partial charge in [-0.05, 0) is 37.5 Å². The first-order valence-electron chi connectivity index (χ1n) is 8.66. The normalized spacial score (nSPS) is 14.9. The molecule has 0 unspecified atom stereocenters. The first kappa shape index (κ1) is 19.6. The van der Waals surface area contributed by atoms with Crippen molar-refractivity contribution in [3.63, 3.8) is 0 Å². The van der Waals surface area contributed by atoms with E-state index in [1.807, 2.05) is 0 Å². The predicted molar refractivity (Wildman–Crippen MR) is 102 cm³/mol. The molecule has 2 aromatic rings. The van der Waals surface area contributed by atoms with Crippen LogP contribution in [-0.2, 0) is 14.8 Å². The molecule has 3 N–H and O–H groups in total. The van der Waals surface area contributed by atoms with Crippen molar-refractivity contribution in [1.82, 2.24) is 19.9 Å². The number of nitrogens with zero attached hydrogens (tertiary/aromatic N) is 3. The summed E-state index contributed by atoms with van der Waals surface area (Å²) < 4.78 is 26.7. The molecule has 2 heterocycles. The van der Waals surface area contributed by atoms with Gasteiger partial charge in [-0.25, -0.2) is 18.2 Å². The zero-order valence-corrected chi connectivity index (χ0v) is 16.2. The lowest BCUT2D eigenvalue weighted by molar-refractivity contribution is -0.116. The van der Waals surface area contributed by atoms with Gasteiger partial charge in [0, 0.05) is 31.1 Å². The van der Waals surface area contributed by atoms with Gasteiger partial charge in [0.05, 0.1) is 4.90 Å². The summed E-state index contributed by atoms with van der Waals surface area (Å²) in [6, 6.07) is 5.92. The highest BCUT2D eigenvalue weighted by Gasteiger charge is 2.17. The topological polar surface area (TPSA) is 120 Å². The molecule has 11 heteroatoms. The maximum Gasteiger partial charge on any atom is 0.246 e. The van der Waals surface area contributed by atoms with Crippen molar-refractivity contribution in [2.45, 2.75) is 30.6 Å². The van der Waals surface area contributed by atoms with Gasteiger partial charge < -0.3 is 4.90 Å². The molecule has 1 aliphatic heterocycles. The molecule has 0 atom stereocenters. The fourth-order valence-electron chi connectivity index (χ4n) is 2.76. The number of hydrogen-bond donors (Lipinski definition) is 3. The third-order valence-electron chi connectivity index (χ3n) is 4.12. The van der Waals surface area contributed by atoms with Gasteiger partial charge in [-0.2, -0.15) is 4.98 Å². The summed E-state index contributed by atoms with van der Waals surface area (Å²) >= 11 is 5.81. The Labute approximate surface area is 162 Å². The minimum absolute atomic E-state index is 0.0421.